The van der Waals surface area contributed by atoms with Gasteiger partial charge in [-0.1, -0.05) is 37.3 Å². The molecule has 1 aromatic rings. The molecule has 0 N–H and O–H groups in total. The van der Waals surface area contributed by atoms with Crippen LogP contribution in [0.25, 0.3) is 0 Å². The first kappa shape index (κ1) is 15.0. The molecule has 1 saturated carbocycles. The third-order valence-electron chi connectivity index (χ3n) is 4.18. The van der Waals surface area contributed by atoms with E-state index in [1.54, 1.807) is 0 Å². The maximum atomic E-state index is 12.4. The normalized spacial score (nSPS) is 25.6. The first-order valence-electron chi connectivity index (χ1n) is 7.47. The smallest absolute Gasteiger partial charge is 0.314 e. The van der Waals surface area contributed by atoms with Crippen molar-refractivity contribution >= 4 is 5.97 Å². The minimum atomic E-state index is -0.509. The van der Waals surface area contributed by atoms with Crippen LogP contribution in [0.1, 0.15) is 38.2 Å². The molecule has 0 radical (unpaired) electrons. The Kier molecular flexibility index (Phi) is 5.18. The van der Waals surface area contributed by atoms with Crippen molar-refractivity contribution in [2.45, 2.75) is 45.1 Å². The molecule has 0 amide bonds. The van der Waals surface area contributed by atoms with Gasteiger partial charge in [0.15, 0.2) is 0 Å². The van der Waals surface area contributed by atoms with Crippen molar-refractivity contribution in [2.75, 3.05) is 13.7 Å². The van der Waals surface area contributed by atoms with E-state index in [-0.39, 0.29) is 12.1 Å². The first-order valence-corrected chi connectivity index (χ1v) is 7.47. The Morgan fingerprint density at radius 2 is 2.10 bits per heavy atom. The summed E-state index contributed by atoms with van der Waals surface area (Å²) < 4.78 is 11.1. The molecule has 0 bridgehead atoms. The van der Waals surface area contributed by atoms with Crippen LogP contribution in [0.15, 0.2) is 30.3 Å². The van der Waals surface area contributed by atoms with E-state index in [4.69, 9.17) is 9.47 Å². The van der Waals surface area contributed by atoms with Gasteiger partial charge >= 0.3 is 5.97 Å². The van der Waals surface area contributed by atoms with E-state index in [1.165, 1.54) is 12.7 Å². The maximum absolute atomic E-state index is 12.4. The number of benzene rings is 1. The molecule has 20 heavy (non-hydrogen) atoms. The third kappa shape index (κ3) is 3.04. The van der Waals surface area contributed by atoms with Crippen molar-refractivity contribution in [2.24, 2.45) is 5.41 Å². The lowest BCUT2D eigenvalue weighted by molar-refractivity contribution is -0.161. The van der Waals surface area contributed by atoms with E-state index in [2.05, 4.69) is 19.1 Å². The quantitative estimate of drug-likeness (QED) is 0.747. The topological polar surface area (TPSA) is 35.5 Å². The second-order valence-corrected chi connectivity index (χ2v) is 5.56. The number of carbonyl (C=O) groups is 1. The summed E-state index contributed by atoms with van der Waals surface area (Å²) in [5.74, 6) is -0.125. The number of methoxy groups -OCH3 is 1. The van der Waals surface area contributed by atoms with E-state index in [0.29, 0.717) is 13.0 Å². The number of carbonyl (C=O) groups excluding carboxylic acids is 1. The van der Waals surface area contributed by atoms with Gasteiger partial charge in [-0.3, -0.25) is 4.79 Å². The minimum Gasteiger partial charge on any atom is -0.469 e. The predicted molar refractivity (Wildman–Crippen MR) is 78.5 cm³/mol. The van der Waals surface area contributed by atoms with Crippen LogP contribution >= 0.6 is 0 Å². The Balaban J connectivity index is 2.23. The zero-order valence-corrected chi connectivity index (χ0v) is 12.4. The number of esters is 1. The Morgan fingerprint density at radius 3 is 2.75 bits per heavy atom. The van der Waals surface area contributed by atoms with Gasteiger partial charge in [0.1, 0.15) is 0 Å². The lowest BCUT2D eigenvalue weighted by atomic mass is 9.78. The highest BCUT2D eigenvalue weighted by atomic mass is 16.5. The summed E-state index contributed by atoms with van der Waals surface area (Å²) in [6.45, 7) is 2.80. The van der Waals surface area contributed by atoms with Gasteiger partial charge in [-0.05, 0) is 37.7 Å². The van der Waals surface area contributed by atoms with E-state index >= 15 is 0 Å². The fraction of sp³-hybridized carbons (Fsp3) is 0.588. The lowest BCUT2D eigenvalue weighted by Crippen LogP contribution is -2.42. The monoisotopic (exact) mass is 276 g/mol. The molecule has 2 rings (SSSR count). The fourth-order valence-corrected chi connectivity index (χ4v) is 3.21. The molecule has 3 nitrogen and oxygen atoms in total. The number of rotatable bonds is 6. The van der Waals surface area contributed by atoms with Crippen molar-refractivity contribution in [1.82, 2.24) is 0 Å². The van der Waals surface area contributed by atoms with E-state index in [0.717, 1.165) is 25.7 Å². The third-order valence-corrected chi connectivity index (χ3v) is 4.18. The highest BCUT2D eigenvalue weighted by Crippen LogP contribution is 2.44. The molecule has 1 aliphatic rings. The van der Waals surface area contributed by atoms with Crippen LogP contribution in [0.3, 0.4) is 0 Å². The first-order chi connectivity index (χ1) is 9.73. The molecule has 2 unspecified atom stereocenters. The van der Waals surface area contributed by atoms with Crippen molar-refractivity contribution in [1.29, 1.82) is 0 Å². The minimum absolute atomic E-state index is 0.0184. The lowest BCUT2D eigenvalue weighted by Gasteiger charge is -2.32. The van der Waals surface area contributed by atoms with E-state index < -0.39 is 5.41 Å². The summed E-state index contributed by atoms with van der Waals surface area (Å²) in [7, 11) is 1.48. The Bertz CT molecular complexity index is 429. The second kappa shape index (κ2) is 6.89. The zero-order valence-electron chi connectivity index (χ0n) is 12.4. The molecule has 110 valence electrons. The standard InChI is InChI=1S/C17H24O3/c1-3-12-20-15-10-7-11-17(15,16(18)19-2)13-14-8-5-4-6-9-14/h4-6,8-9,15H,3,7,10-13H2,1-2H3. The maximum Gasteiger partial charge on any atom is 0.314 e. The molecule has 2 atom stereocenters. The molecule has 1 aliphatic carbocycles. The van der Waals surface area contributed by atoms with Gasteiger partial charge in [0, 0.05) is 6.61 Å². The largest absolute Gasteiger partial charge is 0.469 e. The summed E-state index contributed by atoms with van der Waals surface area (Å²) in [6.07, 6.45) is 4.48. The van der Waals surface area contributed by atoms with Crippen LogP contribution < -0.4 is 0 Å². The van der Waals surface area contributed by atoms with Gasteiger partial charge in [-0.2, -0.15) is 0 Å². The second-order valence-electron chi connectivity index (χ2n) is 5.56. The molecular weight excluding hydrogens is 252 g/mol. The summed E-state index contributed by atoms with van der Waals surface area (Å²) in [6, 6.07) is 10.2. The molecule has 0 aromatic heterocycles. The fourth-order valence-electron chi connectivity index (χ4n) is 3.21. The number of ether oxygens (including phenoxy) is 2. The summed E-state index contributed by atoms with van der Waals surface area (Å²) in [5.41, 5.74) is 0.663. The molecular formula is C17H24O3. The van der Waals surface area contributed by atoms with E-state index in [1.807, 2.05) is 18.2 Å². The summed E-state index contributed by atoms with van der Waals surface area (Å²) in [5, 5.41) is 0. The highest BCUT2D eigenvalue weighted by molar-refractivity contribution is 5.78. The summed E-state index contributed by atoms with van der Waals surface area (Å²) >= 11 is 0. The predicted octanol–water partition coefficient (Wildman–Crippen LogP) is 3.37. The number of hydrogen-bond donors (Lipinski definition) is 0. The molecule has 0 heterocycles. The van der Waals surface area contributed by atoms with E-state index in [9.17, 15) is 4.79 Å². The van der Waals surface area contributed by atoms with Crippen LogP contribution in [0.2, 0.25) is 0 Å². The van der Waals surface area contributed by atoms with Gasteiger partial charge in [-0.25, -0.2) is 0 Å². The molecule has 3 heteroatoms. The van der Waals surface area contributed by atoms with Crippen LogP contribution in [-0.2, 0) is 20.7 Å². The zero-order chi connectivity index (χ0) is 14.4. The highest BCUT2D eigenvalue weighted by Gasteiger charge is 2.50. The van der Waals surface area contributed by atoms with Crippen molar-refractivity contribution < 1.29 is 14.3 Å². The molecule has 1 fully saturated rings. The average Bonchev–Trinajstić information content (AvgIpc) is 2.89. The summed E-state index contributed by atoms with van der Waals surface area (Å²) in [4.78, 5) is 12.4. The van der Waals surface area contributed by atoms with Crippen molar-refractivity contribution in [3.05, 3.63) is 35.9 Å². The Morgan fingerprint density at radius 1 is 1.35 bits per heavy atom. The average molecular weight is 276 g/mol. The van der Waals surface area contributed by atoms with Crippen LogP contribution in [0.5, 0.6) is 0 Å². The van der Waals surface area contributed by atoms with Crippen LogP contribution in [0.4, 0.5) is 0 Å². The van der Waals surface area contributed by atoms with Gasteiger partial charge in [0.25, 0.3) is 0 Å². The van der Waals surface area contributed by atoms with Crippen molar-refractivity contribution in [3.8, 4) is 0 Å². The Hall–Kier alpha value is -1.35. The van der Waals surface area contributed by atoms with Gasteiger partial charge < -0.3 is 9.47 Å². The van der Waals surface area contributed by atoms with Crippen LogP contribution in [-0.4, -0.2) is 25.8 Å². The molecule has 1 aromatic carbocycles. The molecule has 0 spiro atoms. The Labute approximate surface area is 121 Å². The van der Waals surface area contributed by atoms with Gasteiger partial charge in [0.05, 0.1) is 18.6 Å². The molecule has 0 aliphatic heterocycles. The molecule has 0 saturated heterocycles. The van der Waals surface area contributed by atoms with Gasteiger partial charge in [0.2, 0.25) is 0 Å². The SMILES string of the molecule is CCCOC1CCCC1(Cc1ccccc1)C(=O)OC. The van der Waals surface area contributed by atoms with Gasteiger partial charge in [-0.15, -0.1) is 0 Å². The van der Waals surface area contributed by atoms with Crippen molar-refractivity contribution in [3.63, 3.8) is 0 Å². The van der Waals surface area contributed by atoms with Crippen LogP contribution in [0, 0.1) is 5.41 Å². The number of hydrogen-bond acceptors (Lipinski definition) is 3.